The van der Waals surface area contributed by atoms with E-state index in [1.807, 2.05) is 24.3 Å². The number of carbonyl (C=O) groups is 1. The molecule has 0 amide bonds. The highest BCUT2D eigenvalue weighted by Crippen LogP contribution is 2.13. The summed E-state index contributed by atoms with van der Waals surface area (Å²) >= 11 is 0. The van der Waals surface area contributed by atoms with Crippen LogP contribution in [0.3, 0.4) is 0 Å². The lowest BCUT2D eigenvalue weighted by Crippen LogP contribution is -2.24. The molecule has 1 fully saturated rings. The van der Waals surface area contributed by atoms with Gasteiger partial charge < -0.3 is 33.2 Å². The minimum atomic E-state index is -0.0604. The fourth-order valence-corrected chi connectivity index (χ4v) is 2.99. The zero-order chi connectivity index (χ0) is 22.7. The summed E-state index contributed by atoms with van der Waals surface area (Å²) in [7, 11) is 0. The highest BCUT2D eigenvalue weighted by Gasteiger charge is 2.13. The minimum Gasteiger partial charge on any atom is -0.377 e. The minimum absolute atomic E-state index is 0.0604. The van der Waals surface area contributed by atoms with Gasteiger partial charge in [0, 0.05) is 12.2 Å². The van der Waals surface area contributed by atoms with Crippen molar-refractivity contribution >= 4 is 5.78 Å². The summed E-state index contributed by atoms with van der Waals surface area (Å²) in [5, 5.41) is 0. The number of ether oxygens (including phenoxy) is 7. The van der Waals surface area contributed by atoms with Gasteiger partial charge in [0.15, 0.2) is 12.1 Å². The van der Waals surface area contributed by atoms with E-state index in [1.165, 1.54) is 6.42 Å². The van der Waals surface area contributed by atoms with E-state index in [9.17, 15) is 4.79 Å². The third-order valence-electron chi connectivity index (χ3n) is 4.79. The fourth-order valence-electron chi connectivity index (χ4n) is 2.99. The number of hydrogen-bond acceptors (Lipinski definition) is 8. The lowest BCUT2D eigenvalue weighted by atomic mass is 10.1. The van der Waals surface area contributed by atoms with Gasteiger partial charge in [0.1, 0.15) is 0 Å². The first-order chi connectivity index (χ1) is 15.8. The van der Waals surface area contributed by atoms with Crippen molar-refractivity contribution in [1.82, 2.24) is 0 Å². The normalized spacial score (nSPS) is 16.3. The van der Waals surface area contributed by atoms with Gasteiger partial charge in [-0.2, -0.15) is 0 Å². The SMILES string of the molecule is CC(=O)c1ccc(COCCOCCOCCOCCOCCOC2CCCCO2)cc1. The number of benzene rings is 1. The number of carbonyl (C=O) groups excluding carboxylic acids is 1. The van der Waals surface area contributed by atoms with E-state index in [4.69, 9.17) is 33.2 Å². The van der Waals surface area contributed by atoms with Crippen molar-refractivity contribution in [1.29, 1.82) is 0 Å². The van der Waals surface area contributed by atoms with Crippen LogP contribution in [0.5, 0.6) is 0 Å². The van der Waals surface area contributed by atoms with Crippen LogP contribution in [0.25, 0.3) is 0 Å². The van der Waals surface area contributed by atoms with Crippen LogP contribution in [0, 0.1) is 0 Å². The molecule has 2 rings (SSSR count). The summed E-state index contributed by atoms with van der Waals surface area (Å²) in [5.41, 5.74) is 1.74. The molecule has 0 aromatic heterocycles. The Morgan fingerprint density at radius 1 is 0.781 bits per heavy atom. The molecule has 1 aromatic rings. The summed E-state index contributed by atoms with van der Waals surface area (Å²) in [4.78, 5) is 11.2. The lowest BCUT2D eigenvalue weighted by Gasteiger charge is -2.22. The first-order valence-corrected chi connectivity index (χ1v) is 11.5. The Balaban J connectivity index is 1.25. The highest BCUT2D eigenvalue weighted by molar-refractivity contribution is 5.93. The Labute approximate surface area is 191 Å². The van der Waals surface area contributed by atoms with Gasteiger partial charge >= 0.3 is 0 Å². The Kier molecular flexibility index (Phi) is 15.2. The van der Waals surface area contributed by atoms with Crippen molar-refractivity contribution in [3.63, 3.8) is 0 Å². The Morgan fingerprint density at radius 3 is 1.81 bits per heavy atom. The standard InChI is InChI=1S/C24H38O8/c1-21(25)23-7-5-22(6-8-23)20-30-17-16-28-13-12-26-10-11-27-14-15-29-18-19-32-24-4-2-3-9-31-24/h5-8,24H,2-4,9-20H2,1H3. The summed E-state index contributed by atoms with van der Waals surface area (Å²) in [5.74, 6) is 0.0655. The second-order valence-electron chi connectivity index (χ2n) is 7.42. The van der Waals surface area contributed by atoms with E-state index in [0.29, 0.717) is 78.2 Å². The molecular formula is C24H38O8. The van der Waals surface area contributed by atoms with Crippen LogP contribution in [0.1, 0.15) is 42.1 Å². The summed E-state index contributed by atoms with van der Waals surface area (Å²) in [6.45, 7) is 8.14. The predicted octanol–water partition coefficient (Wildman–Crippen LogP) is 3.02. The second-order valence-corrected chi connectivity index (χ2v) is 7.42. The van der Waals surface area contributed by atoms with E-state index in [-0.39, 0.29) is 12.1 Å². The molecule has 1 aromatic carbocycles. The largest absolute Gasteiger partial charge is 0.377 e. The van der Waals surface area contributed by atoms with Gasteiger partial charge in [0.05, 0.1) is 72.7 Å². The van der Waals surface area contributed by atoms with Gasteiger partial charge in [-0.15, -0.1) is 0 Å². The van der Waals surface area contributed by atoms with Gasteiger partial charge in [-0.25, -0.2) is 0 Å². The lowest BCUT2D eigenvalue weighted by molar-refractivity contribution is -0.169. The average molecular weight is 455 g/mol. The van der Waals surface area contributed by atoms with Gasteiger partial charge in [-0.05, 0) is 31.7 Å². The number of hydrogen-bond donors (Lipinski definition) is 0. The molecule has 0 radical (unpaired) electrons. The van der Waals surface area contributed by atoms with Crippen LogP contribution in [0.4, 0.5) is 0 Å². The summed E-state index contributed by atoms with van der Waals surface area (Å²) in [6, 6.07) is 7.44. The van der Waals surface area contributed by atoms with Crippen LogP contribution >= 0.6 is 0 Å². The first-order valence-electron chi connectivity index (χ1n) is 11.5. The molecule has 1 saturated heterocycles. The molecule has 32 heavy (non-hydrogen) atoms. The third-order valence-corrected chi connectivity index (χ3v) is 4.79. The Hall–Kier alpha value is -1.39. The maximum absolute atomic E-state index is 11.2. The van der Waals surface area contributed by atoms with Crippen molar-refractivity contribution < 1.29 is 38.0 Å². The summed E-state index contributed by atoms with van der Waals surface area (Å²) < 4.78 is 38.5. The van der Waals surface area contributed by atoms with E-state index in [0.717, 1.165) is 25.0 Å². The number of Topliss-reactive ketones (excluding diaryl/α,β-unsaturated/α-hetero) is 1. The molecule has 0 N–H and O–H groups in total. The maximum Gasteiger partial charge on any atom is 0.159 e. The van der Waals surface area contributed by atoms with Crippen LogP contribution in [0.2, 0.25) is 0 Å². The van der Waals surface area contributed by atoms with Crippen LogP contribution in [-0.2, 0) is 39.8 Å². The molecule has 1 heterocycles. The van der Waals surface area contributed by atoms with Gasteiger partial charge in [0.25, 0.3) is 0 Å². The molecule has 1 unspecified atom stereocenters. The molecule has 0 aliphatic carbocycles. The van der Waals surface area contributed by atoms with Gasteiger partial charge in [-0.1, -0.05) is 24.3 Å². The van der Waals surface area contributed by atoms with Crippen LogP contribution in [0.15, 0.2) is 24.3 Å². The Bertz CT molecular complexity index is 586. The summed E-state index contributed by atoms with van der Waals surface area (Å²) in [6.07, 6.45) is 3.21. The maximum atomic E-state index is 11.2. The number of rotatable bonds is 19. The van der Waals surface area contributed by atoms with E-state index in [1.54, 1.807) is 6.92 Å². The fraction of sp³-hybridized carbons (Fsp3) is 0.708. The molecule has 0 spiro atoms. The molecule has 8 nitrogen and oxygen atoms in total. The molecule has 8 heteroatoms. The molecule has 1 aliphatic heterocycles. The van der Waals surface area contributed by atoms with Crippen LogP contribution in [-0.4, -0.2) is 84.7 Å². The van der Waals surface area contributed by atoms with Crippen molar-refractivity contribution in [2.24, 2.45) is 0 Å². The molecule has 0 bridgehead atoms. The van der Waals surface area contributed by atoms with Crippen molar-refractivity contribution in [2.45, 2.75) is 39.1 Å². The smallest absolute Gasteiger partial charge is 0.159 e. The average Bonchev–Trinajstić information content (AvgIpc) is 2.82. The van der Waals surface area contributed by atoms with Crippen molar-refractivity contribution in [3.8, 4) is 0 Å². The quantitative estimate of drug-likeness (QED) is 0.233. The molecule has 0 saturated carbocycles. The zero-order valence-corrected chi connectivity index (χ0v) is 19.3. The van der Waals surface area contributed by atoms with Crippen molar-refractivity contribution in [2.75, 3.05) is 72.7 Å². The third kappa shape index (κ3) is 13.2. The van der Waals surface area contributed by atoms with E-state index < -0.39 is 0 Å². The monoisotopic (exact) mass is 454 g/mol. The zero-order valence-electron chi connectivity index (χ0n) is 19.3. The van der Waals surface area contributed by atoms with Crippen molar-refractivity contribution in [3.05, 3.63) is 35.4 Å². The molecular weight excluding hydrogens is 416 g/mol. The second kappa shape index (κ2) is 18.1. The molecule has 182 valence electrons. The highest BCUT2D eigenvalue weighted by atomic mass is 16.7. The van der Waals surface area contributed by atoms with E-state index >= 15 is 0 Å². The molecule has 1 aliphatic rings. The van der Waals surface area contributed by atoms with E-state index in [2.05, 4.69) is 0 Å². The van der Waals surface area contributed by atoms with Gasteiger partial charge in [0.2, 0.25) is 0 Å². The Morgan fingerprint density at radius 2 is 1.31 bits per heavy atom. The predicted molar refractivity (Wildman–Crippen MR) is 119 cm³/mol. The topological polar surface area (TPSA) is 81.7 Å². The molecule has 1 atom stereocenters. The number of ketones is 1. The first kappa shape index (κ1) is 26.9. The van der Waals surface area contributed by atoms with Crippen LogP contribution < -0.4 is 0 Å². The van der Waals surface area contributed by atoms with Gasteiger partial charge in [-0.3, -0.25) is 4.79 Å².